The van der Waals surface area contributed by atoms with Gasteiger partial charge in [0, 0.05) is 6.54 Å². The van der Waals surface area contributed by atoms with Crippen molar-refractivity contribution in [2.45, 2.75) is 33.3 Å². The van der Waals surface area contributed by atoms with Gasteiger partial charge in [-0.25, -0.2) is 0 Å². The smallest absolute Gasteiger partial charge is 0.0718 e. The van der Waals surface area contributed by atoms with Crippen LogP contribution in [0.1, 0.15) is 27.7 Å². The molecule has 0 aliphatic heterocycles. The minimum atomic E-state index is -0.550. The Bertz CT molecular complexity index is 81.7. The molecule has 0 aromatic rings. The highest BCUT2D eigenvalue weighted by Gasteiger charge is 2.15. The fraction of sp³-hybridized carbons (Fsp3) is 1.00. The van der Waals surface area contributed by atoms with E-state index < -0.39 is 5.60 Å². The lowest BCUT2D eigenvalue weighted by Gasteiger charge is -2.26. The number of hydrogen-bond donors (Lipinski definition) is 1. The van der Waals surface area contributed by atoms with Gasteiger partial charge < -0.3 is 10.0 Å². The largest absolute Gasteiger partial charge is 0.389 e. The van der Waals surface area contributed by atoms with E-state index in [2.05, 4.69) is 18.7 Å². The third-order valence-corrected chi connectivity index (χ3v) is 1.50. The molecule has 10 heavy (non-hydrogen) atoms. The topological polar surface area (TPSA) is 23.5 Å². The summed E-state index contributed by atoms with van der Waals surface area (Å²) in [5.74, 6) is 0. The molecule has 0 heterocycles. The van der Waals surface area contributed by atoms with Gasteiger partial charge in [0.25, 0.3) is 0 Å². The molecule has 2 nitrogen and oxygen atoms in total. The van der Waals surface area contributed by atoms with E-state index in [1.54, 1.807) is 0 Å². The lowest BCUT2D eigenvalue weighted by Crippen LogP contribution is -2.38. The zero-order valence-electron chi connectivity index (χ0n) is 7.52. The molecule has 0 rings (SSSR count). The molecule has 0 atom stereocenters. The van der Waals surface area contributed by atoms with Crippen LogP contribution in [0.15, 0.2) is 0 Å². The van der Waals surface area contributed by atoms with Gasteiger partial charge in [-0.1, -0.05) is 13.8 Å². The average molecular weight is 145 g/mol. The van der Waals surface area contributed by atoms with Crippen LogP contribution in [-0.2, 0) is 0 Å². The zero-order valence-corrected chi connectivity index (χ0v) is 7.52. The highest BCUT2D eigenvalue weighted by atomic mass is 16.3. The summed E-state index contributed by atoms with van der Waals surface area (Å²) in [5, 5.41) is 9.41. The SMILES string of the molecule is CCN(CC)CC(C)(C)O. The fourth-order valence-corrected chi connectivity index (χ4v) is 0.994. The molecule has 62 valence electrons. The van der Waals surface area contributed by atoms with Crippen LogP contribution in [0.25, 0.3) is 0 Å². The van der Waals surface area contributed by atoms with Gasteiger partial charge in [0.1, 0.15) is 0 Å². The normalized spacial score (nSPS) is 12.6. The summed E-state index contributed by atoms with van der Waals surface area (Å²) in [6.45, 7) is 10.7. The number of likely N-dealkylation sites (N-methyl/N-ethyl adjacent to an activating group) is 1. The number of hydrogen-bond acceptors (Lipinski definition) is 2. The second-order valence-electron chi connectivity index (χ2n) is 3.27. The maximum Gasteiger partial charge on any atom is 0.0718 e. The minimum absolute atomic E-state index is 0.550. The average Bonchev–Trinajstić information content (AvgIpc) is 1.81. The van der Waals surface area contributed by atoms with Crippen LogP contribution >= 0.6 is 0 Å². The van der Waals surface area contributed by atoms with E-state index in [-0.39, 0.29) is 0 Å². The van der Waals surface area contributed by atoms with Crippen LogP contribution in [-0.4, -0.2) is 35.2 Å². The Hall–Kier alpha value is -0.0800. The molecule has 0 saturated heterocycles. The predicted octanol–water partition coefficient (Wildman–Crippen LogP) is 1.10. The van der Waals surface area contributed by atoms with Crippen LogP contribution in [0.4, 0.5) is 0 Å². The van der Waals surface area contributed by atoms with Crippen molar-refractivity contribution in [2.75, 3.05) is 19.6 Å². The molecular formula is C8H19NO. The molecule has 0 aliphatic carbocycles. The molecule has 0 amide bonds. The second-order valence-corrected chi connectivity index (χ2v) is 3.27. The van der Waals surface area contributed by atoms with E-state index in [9.17, 15) is 5.11 Å². The number of aliphatic hydroxyl groups is 1. The van der Waals surface area contributed by atoms with E-state index >= 15 is 0 Å². The van der Waals surface area contributed by atoms with Crippen LogP contribution < -0.4 is 0 Å². The zero-order chi connectivity index (χ0) is 8.20. The third kappa shape index (κ3) is 4.77. The lowest BCUT2D eigenvalue weighted by molar-refractivity contribution is 0.0396. The highest BCUT2D eigenvalue weighted by Crippen LogP contribution is 2.03. The van der Waals surface area contributed by atoms with Crippen molar-refractivity contribution in [3.05, 3.63) is 0 Å². The van der Waals surface area contributed by atoms with E-state index in [0.717, 1.165) is 19.6 Å². The van der Waals surface area contributed by atoms with Crippen molar-refractivity contribution in [3.8, 4) is 0 Å². The Balaban J connectivity index is 3.63. The van der Waals surface area contributed by atoms with E-state index in [4.69, 9.17) is 0 Å². The molecule has 1 N–H and O–H groups in total. The van der Waals surface area contributed by atoms with Gasteiger partial charge in [0.15, 0.2) is 0 Å². The first kappa shape index (κ1) is 9.92. The first-order valence-electron chi connectivity index (χ1n) is 3.94. The summed E-state index contributed by atoms with van der Waals surface area (Å²) < 4.78 is 0. The molecule has 0 aromatic heterocycles. The van der Waals surface area contributed by atoms with Gasteiger partial charge in [-0.15, -0.1) is 0 Å². The Labute approximate surface area is 63.8 Å². The quantitative estimate of drug-likeness (QED) is 0.640. The first-order chi connectivity index (χ1) is 4.49. The Morgan fingerprint density at radius 3 is 1.70 bits per heavy atom. The van der Waals surface area contributed by atoms with Crippen molar-refractivity contribution in [1.29, 1.82) is 0 Å². The van der Waals surface area contributed by atoms with Crippen LogP contribution in [0.5, 0.6) is 0 Å². The molecule has 0 unspecified atom stereocenters. The minimum Gasteiger partial charge on any atom is -0.389 e. The molecule has 0 saturated carbocycles. The molecular weight excluding hydrogens is 126 g/mol. The molecule has 0 aliphatic rings. The summed E-state index contributed by atoms with van der Waals surface area (Å²) in [6.07, 6.45) is 0. The molecule has 0 spiro atoms. The van der Waals surface area contributed by atoms with E-state index in [0.29, 0.717) is 0 Å². The van der Waals surface area contributed by atoms with Gasteiger partial charge in [-0.2, -0.15) is 0 Å². The maximum atomic E-state index is 9.41. The third-order valence-electron chi connectivity index (χ3n) is 1.50. The van der Waals surface area contributed by atoms with Gasteiger partial charge in [0.05, 0.1) is 5.60 Å². The van der Waals surface area contributed by atoms with Gasteiger partial charge in [0.2, 0.25) is 0 Å². The number of nitrogens with zero attached hydrogens (tertiary/aromatic N) is 1. The molecule has 0 aromatic carbocycles. The summed E-state index contributed by atoms with van der Waals surface area (Å²) in [4.78, 5) is 2.21. The first-order valence-corrected chi connectivity index (χ1v) is 3.94. The molecule has 0 bridgehead atoms. The summed E-state index contributed by atoms with van der Waals surface area (Å²) >= 11 is 0. The van der Waals surface area contributed by atoms with Crippen molar-refractivity contribution in [2.24, 2.45) is 0 Å². The van der Waals surface area contributed by atoms with Crippen molar-refractivity contribution < 1.29 is 5.11 Å². The van der Waals surface area contributed by atoms with Gasteiger partial charge in [-0.05, 0) is 26.9 Å². The van der Waals surface area contributed by atoms with Gasteiger partial charge in [-0.3, -0.25) is 0 Å². The van der Waals surface area contributed by atoms with E-state index in [1.165, 1.54) is 0 Å². The summed E-state index contributed by atoms with van der Waals surface area (Å²) in [6, 6.07) is 0. The Morgan fingerprint density at radius 2 is 1.60 bits per heavy atom. The van der Waals surface area contributed by atoms with Crippen LogP contribution in [0.2, 0.25) is 0 Å². The van der Waals surface area contributed by atoms with Crippen molar-refractivity contribution in [1.82, 2.24) is 4.90 Å². The highest BCUT2D eigenvalue weighted by molar-refractivity contribution is 4.70. The van der Waals surface area contributed by atoms with Crippen molar-refractivity contribution in [3.63, 3.8) is 0 Å². The van der Waals surface area contributed by atoms with Crippen LogP contribution in [0, 0.1) is 0 Å². The van der Waals surface area contributed by atoms with Gasteiger partial charge >= 0.3 is 0 Å². The Morgan fingerprint density at radius 1 is 1.20 bits per heavy atom. The molecule has 2 heteroatoms. The Kier molecular flexibility index (Phi) is 3.91. The van der Waals surface area contributed by atoms with Crippen molar-refractivity contribution >= 4 is 0 Å². The number of rotatable bonds is 4. The lowest BCUT2D eigenvalue weighted by atomic mass is 10.1. The molecule has 0 radical (unpaired) electrons. The van der Waals surface area contributed by atoms with E-state index in [1.807, 2.05) is 13.8 Å². The predicted molar refractivity (Wildman–Crippen MR) is 44.1 cm³/mol. The summed E-state index contributed by atoms with van der Waals surface area (Å²) in [7, 11) is 0. The monoisotopic (exact) mass is 145 g/mol. The standard InChI is InChI=1S/C8H19NO/c1-5-9(6-2)7-8(3,4)10/h10H,5-7H2,1-4H3. The summed E-state index contributed by atoms with van der Waals surface area (Å²) in [5.41, 5.74) is -0.550. The van der Waals surface area contributed by atoms with Crippen LogP contribution in [0.3, 0.4) is 0 Å². The second kappa shape index (κ2) is 3.94. The fourth-order valence-electron chi connectivity index (χ4n) is 0.994. The maximum absolute atomic E-state index is 9.41. The molecule has 0 fully saturated rings.